The highest BCUT2D eigenvalue weighted by atomic mass is 16.4. The van der Waals surface area contributed by atoms with Crippen LogP contribution in [0.25, 0.3) is 0 Å². The summed E-state index contributed by atoms with van der Waals surface area (Å²) in [5.41, 5.74) is 5.76. The molecule has 2 heterocycles. The van der Waals surface area contributed by atoms with Crippen molar-refractivity contribution in [3.8, 4) is 0 Å². The second kappa shape index (κ2) is 11.7. The SMILES string of the molecule is CC(C)[C@H](NC(=O)[C@H](CC(=O)O)NC(=O)CNC(=O)[C@H]1C[C@H](CNC2NN2)CN1)C(=O)O. The molecule has 2 fully saturated rings. The van der Waals surface area contributed by atoms with Crippen LogP contribution in [-0.2, 0) is 24.0 Å². The maximum atomic E-state index is 12.4. The number of carbonyl (C=O) groups is 5. The molecule has 2 aliphatic rings. The number of carboxylic acids is 2. The van der Waals surface area contributed by atoms with Crippen LogP contribution >= 0.6 is 0 Å². The van der Waals surface area contributed by atoms with Gasteiger partial charge in [-0.3, -0.25) is 24.5 Å². The first-order chi connectivity index (χ1) is 15.1. The monoisotopic (exact) mass is 457 g/mol. The smallest absolute Gasteiger partial charge is 0.326 e. The highest BCUT2D eigenvalue weighted by Crippen LogP contribution is 2.13. The fraction of sp³-hybridized carbons (Fsp3) is 0.722. The minimum Gasteiger partial charge on any atom is -0.481 e. The quantitative estimate of drug-likeness (QED) is 0.122. The highest BCUT2D eigenvalue weighted by molar-refractivity contribution is 5.94. The van der Waals surface area contributed by atoms with Crippen LogP contribution in [-0.4, -0.2) is 83.9 Å². The van der Waals surface area contributed by atoms with E-state index in [0.29, 0.717) is 19.5 Å². The third kappa shape index (κ3) is 8.37. The van der Waals surface area contributed by atoms with Crippen molar-refractivity contribution in [2.24, 2.45) is 11.8 Å². The lowest BCUT2D eigenvalue weighted by molar-refractivity contribution is -0.144. The van der Waals surface area contributed by atoms with Gasteiger partial charge in [0.05, 0.1) is 19.0 Å². The average Bonchev–Trinajstić information content (AvgIpc) is 3.42. The zero-order chi connectivity index (χ0) is 23.8. The highest BCUT2D eigenvalue weighted by Gasteiger charge is 2.32. The topological polar surface area (TPSA) is 230 Å². The Kier molecular flexibility index (Phi) is 9.31. The minimum atomic E-state index is -1.48. The summed E-state index contributed by atoms with van der Waals surface area (Å²) in [6.45, 7) is 4.06. The van der Waals surface area contributed by atoms with E-state index in [9.17, 15) is 29.1 Å². The third-order valence-electron chi connectivity index (χ3n) is 5.12. The van der Waals surface area contributed by atoms with Gasteiger partial charge in [0.25, 0.3) is 0 Å². The van der Waals surface area contributed by atoms with E-state index in [2.05, 4.69) is 37.4 Å². The molecule has 32 heavy (non-hydrogen) atoms. The van der Waals surface area contributed by atoms with Crippen LogP contribution in [0.3, 0.4) is 0 Å². The van der Waals surface area contributed by atoms with Crippen molar-refractivity contribution in [3.05, 3.63) is 0 Å². The van der Waals surface area contributed by atoms with Crippen LogP contribution in [0.4, 0.5) is 0 Å². The van der Waals surface area contributed by atoms with Gasteiger partial charge in [0.2, 0.25) is 17.7 Å². The molecule has 0 saturated carbocycles. The van der Waals surface area contributed by atoms with Gasteiger partial charge in [0.15, 0.2) is 0 Å². The van der Waals surface area contributed by atoms with Crippen LogP contribution in [0.1, 0.15) is 26.7 Å². The summed E-state index contributed by atoms with van der Waals surface area (Å²) in [7, 11) is 0. The lowest BCUT2D eigenvalue weighted by Gasteiger charge is -2.22. The molecule has 0 aromatic rings. The summed E-state index contributed by atoms with van der Waals surface area (Å²) in [4.78, 5) is 59.2. The van der Waals surface area contributed by atoms with Crippen molar-refractivity contribution in [3.63, 3.8) is 0 Å². The minimum absolute atomic E-state index is 0.0915. The maximum absolute atomic E-state index is 12.4. The van der Waals surface area contributed by atoms with Gasteiger partial charge >= 0.3 is 11.9 Å². The number of hydrazine groups is 1. The van der Waals surface area contributed by atoms with E-state index in [1.54, 1.807) is 13.8 Å². The van der Waals surface area contributed by atoms with Gasteiger partial charge in [-0.05, 0) is 24.8 Å². The van der Waals surface area contributed by atoms with Crippen molar-refractivity contribution >= 4 is 29.7 Å². The first kappa shape index (κ1) is 25.5. The van der Waals surface area contributed by atoms with Crippen LogP contribution in [0.15, 0.2) is 0 Å². The Morgan fingerprint density at radius 1 is 1.06 bits per heavy atom. The fourth-order valence-corrected chi connectivity index (χ4v) is 3.28. The largest absolute Gasteiger partial charge is 0.481 e. The molecule has 9 N–H and O–H groups in total. The Morgan fingerprint density at radius 3 is 2.31 bits per heavy atom. The second-order valence-corrected chi connectivity index (χ2v) is 8.20. The number of amides is 3. The first-order valence-corrected chi connectivity index (χ1v) is 10.4. The molecule has 0 aromatic heterocycles. The summed E-state index contributed by atoms with van der Waals surface area (Å²) in [5.74, 6) is -4.91. The number of aliphatic carboxylic acids is 2. The molecule has 0 aliphatic carbocycles. The van der Waals surface area contributed by atoms with Gasteiger partial charge in [0, 0.05) is 6.54 Å². The van der Waals surface area contributed by atoms with Crippen molar-refractivity contribution in [2.45, 2.75) is 51.1 Å². The number of rotatable bonds is 13. The van der Waals surface area contributed by atoms with Crippen molar-refractivity contribution in [1.29, 1.82) is 0 Å². The lowest BCUT2D eigenvalue weighted by Crippen LogP contribution is -2.55. The van der Waals surface area contributed by atoms with E-state index in [1.165, 1.54) is 0 Å². The fourth-order valence-electron chi connectivity index (χ4n) is 3.28. The molecule has 2 rings (SSSR count). The van der Waals surface area contributed by atoms with Crippen molar-refractivity contribution < 1.29 is 34.2 Å². The van der Waals surface area contributed by atoms with Crippen molar-refractivity contribution in [1.82, 2.24) is 37.4 Å². The number of carbonyl (C=O) groups excluding carboxylic acids is 3. The predicted molar refractivity (Wildman–Crippen MR) is 110 cm³/mol. The lowest BCUT2D eigenvalue weighted by atomic mass is 10.0. The maximum Gasteiger partial charge on any atom is 0.326 e. The molecule has 0 spiro atoms. The summed E-state index contributed by atoms with van der Waals surface area (Å²) < 4.78 is 0. The van der Waals surface area contributed by atoms with Crippen LogP contribution in [0.2, 0.25) is 0 Å². The van der Waals surface area contributed by atoms with Crippen molar-refractivity contribution in [2.75, 3.05) is 19.6 Å². The van der Waals surface area contributed by atoms with Gasteiger partial charge in [-0.2, -0.15) is 0 Å². The molecule has 2 aliphatic heterocycles. The van der Waals surface area contributed by atoms with Gasteiger partial charge in [-0.15, -0.1) is 0 Å². The molecule has 0 aromatic carbocycles. The van der Waals surface area contributed by atoms with E-state index >= 15 is 0 Å². The Balaban J connectivity index is 1.80. The van der Waals surface area contributed by atoms with Gasteiger partial charge in [-0.1, -0.05) is 13.8 Å². The molecule has 14 heteroatoms. The molecule has 0 bridgehead atoms. The van der Waals surface area contributed by atoms with Crippen LogP contribution in [0, 0.1) is 11.8 Å². The molecule has 0 radical (unpaired) electrons. The Hall–Kier alpha value is -2.81. The summed E-state index contributed by atoms with van der Waals surface area (Å²) in [6, 6.07) is -3.19. The Morgan fingerprint density at radius 2 is 1.75 bits per heavy atom. The van der Waals surface area contributed by atoms with Gasteiger partial charge in [-0.25, -0.2) is 15.6 Å². The summed E-state index contributed by atoms with van der Waals surface area (Å²) in [6.07, 6.45) is -0.0588. The first-order valence-electron chi connectivity index (χ1n) is 10.4. The van der Waals surface area contributed by atoms with E-state index < -0.39 is 60.8 Å². The van der Waals surface area contributed by atoms with Gasteiger partial charge in [0.1, 0.15) is 18.4 Å². The number of carboxylic acid groups (broad SMARTS) is 2. The van der Waals surface area contributed by atoms with Gasteiger partial charge < -0.3 is 31.5 Å². The molecule has 4 atom stereocenters. The van der Waals surface area contributed by atoms with E-state index in [1.807, 2.05) is 0 Å². The molecular weight excluding hydrogens is 426 g/mol. The normalized spacial score (nSPS) is 22.1. The molecule has 3 amide bonds. The number of nitrogens with one attached hydrogen (secondary N) is 7. The average molecular weight is 457 g/mol. The molecule has 2 saturated heterocycles. The third-order valence-corrected chi connectivity index (χ3v) is 5.12. The number of hydrogen-bond donors (Lipinski definition) is 9. The Bertz CT molecular complexity index is 728. The van der Waals surface area contributed by atoms with E-state index in [4.69, 9.17) is 5.11 Å². The zero-order valence-corrected chi connectivity index (χ0v) is 17.9. The second-order valence-electron chi connectivity index (χ2n) is 8.20. The molecular formula is C18H31N7O7. The number of hydrogen-bond acceptors (Lipinski definition) is 9. The predicted octanol–water partition coefficient (Wildman–Crippen LogP) is -3.75. The van der Waals surface area contributed by atoms with Crippen LogP contribution in [0.5, 0.6) is 0 Å². The van der Waals surface area contributed by atoms with E-state index in [-0.39, 0.29) is 18.1 Å². The molecule has 14 nitrogen and oxygen atoms in total. The van der Waals surface area contributed by atoms with E-state index in [0.717, 1.165) is 0 Å². The summed E-state index contributed by atoms with van der Waals surface area (Å²) in [5, 5.41) is 31.4. The van der Waals surface area contributed by atoms with Crippen LogP contribution < -0.4 is 37.4 Å². The zero-order valence-electron chi connectivity index (χ0n) is 17.9. The molecule has 180 valence electrons. The Labute approximate surface area is 184 Å². The standard InChI is InChI=1S/C18H31N7O7/c1-8(2)14(17(31)32)23-16(30)11(4-13(27)28)22-12(26)7-20-15(29)10-3-9(5-19-10)6-21-18-24-25-18/h8-11,14,18-19,21,24-25H,3-7H2,1-2H3,(H,20,29)(H,22,26)(H,23,30)(H,27,28)(H,31,32)/t9-,10+,11-,14-/m0/s1. The molecule has 0 unspecified atom stereocenters. The summed E-state index contributed by atoms with van der Waals surface area (Å²) >= 11 is 0.